The molecule has 2 N–H and O–H groups in total. The number of benzene rings is 1. The molecule has 5 nitrogen and oxygen atoms in total. The Kier molecular flexibility index (Phi) is 4.68. The largest absolute Gasteiger partial charge is 0.368 e. The van der Waals surface area contributed by atoms with Crippen LogP contribution in [0.1, 0.15) is 23.2 Å². The molecule has 132 valence electrons. The van der Waals surface area contributed by atoms with Crippen LogP contribution in [-0.4, -0.2) is 59.5 Å². The summed E-state index contributed by atoms with van der Waals surface area (Å²) in [6.07, 6.45) is 4.22. The fraction of sp³-hybridized carbons (Fsp3) is 0.500. The van der Waals surface area contributed by atoms with Gasteiger partial charge in [0.25, 0.3) is 0 Å². The van der Waals surface area contributed by atoms with Crippen molar-refractivity contribution in [3.63, 3.8) is 0 Å². The fourth-order valence-corrected chi connectivity index (χ4v) is 4.01. The molecule has 5 heteroatoms. The van der Waals surface area contributed by atoms with E-state index in [1.807, 2.05) is 0 Å². The number of aryl methyl sites for hydroxylation is 2. The van der Waals surface area contributed by atoms with Crippen molar-refractivity contribution >= 4 is 5.95 Å². The molecule has 0 amide bonds. The van der Waals surface area contributed by atoms with E-state index in [4.69, 9.17) is 5.73 Å². The third-order valence-electron chi connectivity index (χ3n) is 5.51. The maximum absolute atomic E-state index is 6.03. The Bertz CT molecular complexity index is 750. The van der Waals surface area contributed by atoms with E-state index in [0.717, 1.165) is 43.6 Å². The molecule has 25 heavy (non-hydrogen) atoms. The molecule has 2 aromatic rings. The lowest BCUT2D eigenvalue weighted by molar-refractivity contribution is 0.153. The van der Waals surface area contributed by atoms with Crippen LogP contribution in [0.15, 0.2) is 24.3 Å². The smallest absolute Gasteiger partial charge is 0.220 e. The summed E-state index contributed by atoms with van der Waals surface area (Å²) in [5.74, 6) is 0.407. The van der Waals surface area contributed by atoms with E-state index in [2.05, 4.69) is 51.1 Å². The maximum Gasteiger partial charge on any atom is 0.220 e. The summed E-state index contributed by atoms with van der Waals surface area (Å²) in [5.41, 5.74) is 12.2. The van der Waals surface area contributed by atoms with Crippen molar-refractivity contribution in [2.24, 2.45) is 0 Å². The normalized spacial score (nSPS) is 18.0. The molecule has 1 fully saturated rings. The van der Waals surface area contributed by atoms with Crippen LogP contribution < -0.4 is 5.73 Å². The van der Waals surface area contributed by atoms with Crippen molar-refractivity contribution in [1.82, 2.24) is 19.8 Å². The van der Waals surface area contributed by atoms with E-state index in [1.165, 1.54) is 42.9 Å². The van der Waals surface area contributed by atoms with E-state index in [9.17, 15) is 0 Å². The van der Waals surface area contributed by atoms with Gasteiger partial charge in [0.2, 0.25) is 5.95 Å². The van der Waals surface area contributed by atoms with Gasteiger partial charge in [-0.05, 0) is 44.8 Å². The fourth-order valence-electron chi connectivity index (χ4n) is 4.01. The van der Waals surface area contributed by atoms with Gasteiger partial charge in [-0.15, -0.1) is 0 Å². The van der Waals surface area contributed by atoms with Gasteiger partial charge in [-0.2, -0.15) is 0 Å². The van der Waals surface area contributed by atoms with E-state index in [1.54, 1.807) is 0 Å². The first-order chi connectivity index (χ1) is 12.2. The van der Waals surface area contributed by atoms with Gasteiger partial charge in [-0.25, -0.2) is 9.97 Å². The van der Waals surface area contributed by atoms with Crippen LogP contribution in [0.4, 0.5) is 5.95 Å². The van der Waals surface area contributed by atoms with Crippen molar-refractivity contribution < 1.29 is 0 Å². The number of piperazine rings is 1. The lowest BCUT2D eigenvalue weighted by Gasteiger charge is -2.32. The first-order valence-corrected chi connectivity index (χ1v) is 9.35. The Hall–Kier alpha value is -1.98. The minimum atomic E-state index is 0.407. The minimum Gasteiger partial charge on any atom is -0.368 e. The highest BCUT2D eigenvalue weighted by Gasteiger charge is 2.21. The monoisotopic (exact) mass is 337 g/mol. The molecular formula is C20H27N5. The van der Waals surface area contributed by atoms with Gasteiger partial charge in [-0.1, -0.05) is 24.3 Å². The third kappa shape index (κ3) is 3.53. The number of anilines is 1. The molecule has 1 aromatic carbocycles. The maximum atomic E-state index is 6.03. The number of nitrogen functional groups attached to an aromatic ring is 1. The summed E-state index contributed by atoms with van der Waals surface area (Å²) < 4.78 is 0. The van der Waals surface area contributed by atoms with Gasteiger partial charge >= 0.3 is 0 Å². The topological polar surface area (TPSA) is 58.3 Å². The average Bonchev–Trinajstić information content (AvgIpc) is 2.63. The second kappa shape index (κ2) is 7.10. The van der Waals surface area contributed by atoms with Crippen LogP contribution in [0.2, 0.25) is 0 Å². The van der Waals surface area contributed by atoms with Gasteiger partial charge in [0.1, 0.15) is 0 Å². The predicted molar refractivity (Wildman–Crippen MR) is 102 cm³/mol. The van der Waals surface area contributed by atoms with Gasteiger partial charge in [0.05, 0.1) is 5.69 Å². The standard InChI is InChI=1S/C20H27N5/c1-24-11-13-25(14-12-24)10-4-7-18-17-9-8-15-5-2-3-6-16(15)19(17)23-20(21)22-18/h2-3,5-6H,4,7-14H2,1H3,(H2,21,22,23). The molecule has 0 atom stereocenters. The number of rotatable bonds is 4. The molecule has 0 radical (unpaired) electrons. The van der Waals surface area contributed by atoms with Crippen LogP contribution in [0.5, 0.6) is 0 Å². The summed E-state index contributed by atoms with van der Waals surface area (Å²) in [5, 5.41) is 0. The number of nitrogens with two attached hydrogens (primary N) is 1. The summed E-state index contributed by atoms with van der Waals surface area (Å²) in [7, 11) is 2.20. The molecule has 1 aliphatic heterocycles. The lowest BCUT2D eigenvalue weighted by Crippen LogP contribution is -2.44. The zero-order chi connectivity index (χ0) is 17.2. The zero-order valence-corrected chi connectivity index (χ0v) is 15.0. The molecule has 1 saturated heterocycles. The van der Waals surface area contributed by atoms with Crippen LogP contribution in [0, 0.1) is 0 Å². The highest BCUT2D eigenvalue weighted by atomic mass is 15.2. The Balaban J connectivity index is 1.49. The Morgan fingerprint density at radius 1 is 1.04 bits per heavy atom. The molecule has 1 aliphatic carbocycles. The van der Waals surface area contributed by atoms with E-state index in [-0.39, 0.29) is 0 Å². The van der Waals surface area contributed by atoms with Crippen molar-refractivity contribution in [2.45, 2.75) is 25.7 Å². The SMILES string of the molecule is CN1CCN(CCCc2nc(N)nc3c2CCc2ccccc2-3)CC1. The van der Waals surface area contributed by atoms with Crippen molar-refractivity contribution in [2.75, 3.05) is 45.5 Å². The molecular weight excluding hydrogens is 310 g/mol. The average molecular weight is 337 g/mol. The Labute approximate surface area is 149 Å². The molecule has 1 aromatic heterocycles. The van der Waals surface area contributed by atoms with Crippen LogP contribution >= 0.6 is 0 Å². The van der Waals surface area contributed by atoms with Crippen LogP contribution in [0.3, 0.4) is 0 Å². The second-order valence-corrected chi connectivity index (χ2v) is 7.26. The highest BCUT2D eigenvalue weighted by molar-refractivity contribution is 5.71. The van der Waals surface area contributed by atoms with E-state index >= 15 is 0 Å². The summed E-state index contributed by atoms with van der Waals surface area (Å²) in [6.45, 7) is 5.84. The van der Waals surface area contributed by atoms with Gasteiger partial charge in [0.15, 0.2) is 0 Å². The van der Waals surface area contributed by atoms with Crippen molar-refractivity contribution in [3.8, 4) is 11.3 Å². The molecule has 4 rings (SSSR count). The van der Waals surface area contributed by atoms with Crippen LogP contribution in [-0.2, 0) is 19.3 Å². The number of nitrogens with zero attached hydrogens (tertiary/aromatic N) is 4. The lowest BCUT2D eigenvalue weighted by atomic mass is 9.87. The molecule has 2 aliphatic rings. The minimum absolute atomic E-state index is 0.407. The summed E-state index contributed by atoms with van der Waals surface area (Å²) >= 11 is 0. The highest BCUT2D eigenvalue weighted by Crippen LogP contribution is 2.33. The third-order valence-corrected chi connectivity index (χ3v) is 5.51. The zero-order valence-electron chi connectivity index (χ0n) is 15.0. The second-order valence-electron chi connectivity index (χ2n) is 7.26. The number of aromatic nitrogens is 2. The molecule has 0 spiro atoms. The molecule has 0 bridgehead atoms. The van der Waals surface area contributed by atoms with E-state index in [0.29, 0.717) is 5.95 Å². The quantitative estimate of drug-likeness (QED) is 0.925. The first kappa shape index (κ1) is 16.5. The summed E-state index contributed by atoms with van der Waals surface area (Å²) in [4.78, 5) is 14.1. The van der Waals surface area contributed by atoms with Crippen LogP contribution in [0.25, 0.3) is 11.3 Å². The van der Waals surface area contributed by atoms with Gasteiger partial charge < -0.3 is 15.5 Å². The van der Waals surface area contributed by atoms with Crippen molar-refractivity contribution in [3.05, 3.63) is 41.1 Å². The molecule has 0 unspecified atom stereocenters. The molecule has 0 saturated carbocycles. The van der Waals surface area contributed by atoms with E-state index < -0.39 is 0 Å². The number of fused-ring (bicyclic) bond motifs is 3. The van der Waals surface area contributed by atoms with Gasteiger partial charge in [-0.3, -0.25) is 0 Å². The van der Waals surface area contributed by atoms with Crippen molar-refractivity contribution in [1.29, 1.82) is 0 Å². The van der Waals surface area contributed by atoms with Gasteiger partial charge in [0, 0.05) is 43.0 Å². The number of hydrogen-bond acceptors (Lipinski definition) is 5. The Morgan fingerprint density at radius 3 is 2.68 bits per heavy atom. The predicted octanol–water partition coefficient (Wildman–Crippen LogP) is 2.00. The Morgan fingerprint density at radius 2 is 1.84 bits per heavy atom. The summed E-state index contributed by atoms with van der Waals surface area (Å²) in [6, 6.07) is 8.54. The molecule has 2 heterocycles. The number of hydrogen-bond donors (Lipinski definition) is 1. The number of likely N-dealkylation sites (N-methyl/N-ethyl adjacent to an activating group) is 1. The first-order valence-electron chi connectivity index (χ1n) is 9.35.